The number of Topliss-reactive ketones (excluding diaryl/α,β-unsaturated/α-hetero) is 1. The standard InChI is InChI=1S/C21H33NO2/c1-17(2)13-7-8-19(17,5)14(11-13)22-16(24)21-10-9-20(6,15(23)12-21)18(21,3)4/h13-14H,7-12H2,1-6H3,(H,22,24)/t13-,14-,19+,20-,21+/m1/s1. The Morgan fingerprint density at radius 1 is 1.04 bits per heavy atom. The van der Waals surface area contributed by atoms with Gasteiger partial charge in [0.2, 0.25) is 5.91 Å². The zero-order valence-electron chi connectivity index (χ0n) is 16.2. The molecule has 0 radical (unpaired) electrons. The molecule has 3 heteroatoms. The first-order chi connectivity index (χ1) is 10.9. The van der Waals surface area contributed by atoms with Crippen molar-refractivity contribution in [3.05, 3.63) is 0 Å². The van der Waals surface area contributed by atoms with E-state index in [2.05, 4.69) is 46.9 Å². The summed E-state index contributed by atoms with van der Waals surface area (Å²) in [5.41, 5.74) is -0.551. The highest BCUT2D eigenvalue weighted by Crippen LogP contribution is 2.71. The summed E-state index contributed by atoms with van der Waals surface area (Å²) < 4.78 is 0. The number of rotatable bonds is 2. The largest absolute Gasteiger partial charge is 0.352 e. The van der Waals surface area contributed by atoms with Crippen LogP contribution in [-0.4, -0.2) is 17.7 Å². The van der Waals surface area contributed by atoms with E-state index in [0.717, 1.165) is 25.2 Å². The summed E-state index contributed by atoms with van der Waals surface area (Å²) in [6, 6.07) is 0.270. The smallest absolute Gasteiger partial charge is 0.227 e. The molecular weight excluding hydrogens is 298 g/mol. The van der Waals surface area contributed by atoms with Crippen molar-refractivity contribution in [2.24, 2.45) is 33.0 Å². The zero-order chi connectivity index (χ0) is 17.8. The molecule has 4 fully saturated rings. The van der Waals surface area contributed by atoms with Crippen LogP contribution in [-0.2, 0) is 9.59 Å². The molecule has 0 heterocycles. The minimum Gasteiger partial charge on any atom is -0.352 e. The fourth-order valence-corrected chi connectivity index (χ4v) is 7.08. The number of fused-ring (bicyclic) bond motifs is 4. The maximum absolute atomic E-state index is 13.5. The van der Waals surface area contributed by atoms with E-state index >= 15 is 0 Å². The van der Waals surface area contributed by atoms with Crippen molar-refractivity contribution < 1.29 is 9.59 Å². The van der Waals surface area contributed by atoms with E-state index in [9.17, 15) is 9.59 Å². The van der Waals surface area contributed by atoms with Gasteiger partial charge in [0.1, 0.15) is 5.78 Å². The van der Waals surface area contributed by atoms with Crippen molar-refractivity contribution in [1.82, 2.24) is 5.32 Å². The van der Waals surface area contributed by atoms with Crippen LogP contribution in [0, 0.1) is 33.0 Å². The second-order valence-corrected chi connectivity index (χ2v) is 10.8. The summed E-state index contributed by atoms with van der Waals surface area (Å²) in [6.45, 7) is 13.5. The van der Waals surface area contributed by atoms with Gasteiger partial charge in [0, 0.05) is 17.9 Å². The minimum atomic E-state index is -0.485. The third-order valence-corrected chi connectivity index (χ3v) is 10.2. The van der Waals surface area contributed by atoms with Crippen molar-refractivity contribution in [2.75, 3.05) is 0 Å². The molecule has 0 unspecified atom stereocenters. The van der Waals surface area contributed by atoms with Crippen molar-refractivity contribution in [3.63, 3.8) is 0 Å². The summed E-state index contributed by atoms with van der Waals surface area (Å²) in [5.74, 6) is 1.18. The van der Waals surface area contributed by atoms with E-state index in [-0.39, 0.29) is 28.2 Å². The summed E-state index contributed by atoms with van der Waals surface area (Å²) in [7, 11) is 0. The third-order valence-electron chi connectivity index (χ3n) is 10.2. The number of ketones is 1. The molecule has 24 heavy (non-hydrogen) atoms. The van der Waals surface area contributed by atoms with Gasteiger partial charge in [-0.1, -0.05) is 41.5 Å². The lowest BCUT2D eigenvalue weighted by Gasteiger charge is -2.43. The van der Waals surface area contributed by atoms with Crippen LogP contribution >= 0.6 is 0 Å². The molecule has 5 atom stereocenters. The summed E-state index contributed by atoms with van der Waals surface area (Å²) in [6.07, 6.45) is 5.79. The number of carbonyl (C=O) groups excluding carboxylic acids is 2. The van der Waals surface area contributed by atoms with Crippen molar-refractivity contribution in [1.29, 1.82) is 0 Å². The first-order valence-corrected chi connectivity index (χ1v) is 9.77. The molecule has 0 aromatic carbocycles. The maximum Gasteiger partial charge on any atom is 0.227 e. The lowest BCUT2D eigenvalue weighted by molar-refractivity contribution is -0.138. The second-order valence-electron chi connectivity index (χ2n) is 10.8. The topological polar surface area (TPSA) is 46.2 Å². The molecule has 0 saturated heterocycles. The Bertz CT molecular complexity index is 636. The summed E-state index contributed by atoms with van der Waals surface area (Å²) >= 11 is 0. The average Bonchev–Trinajstić information content (AvgIpc) is 2.97. The van der Waals surface area contributed by atoms with Gasteiger partial charge in [0.25, 0.3) is 0 Å². The maximum atomic E-state index is 13.5. The highest BCUT2D eigenvalue weighted by atomic mass is 16.2. The molecule has 4 saturated carbocycles. The Hall–Kier alpha value is -0.860. The molecule has 4 rings (SSSR count). The van der Waals surface area contributed by atoms with Crippen molar-refractivity contribution in [2.45, 2.75) is 86.1 Å². The van der Waals surface area contributed by atoms with Crippen molar-refractivity contribution in [3.8, 4) is 0 Å². The third kappa shape index (κ3) is 1.48. The van der Waals surface area contributed by atoms with E-state index in [0.29, 0.717) is 17.6 Å². The molecule has 0 aromatic heterocycles. The Balaban J connectivity index is 1.62. The zero-order valence-corrected chi connectivity index (χ0v) is 16.2. The quantitative estimate of drug-likeness (QED) is 0.828. The molecular formula is C21H33NO2. The number of amides is 1. The Kier molecular flexibility index (Phi) is 2.95. The molecule has 4 aliphatic carbocycles. The Labute approximate surface area is 146 Å². The van der Waals surface area contributed by atoms with Crippen molar-refractivity contribution >= 4 is 11.7 Å². The second kappa shape index (κ2) is 4.27. The van der Waals surface area contributed by atoms with E-state index in [1.54, 1.807) is 0 Å². The van der Waals surface area contributed by atoms with Gasteiger partial charge in [-0.05, 0) is 54.3 Å². The lowest BCUT2D eigenvalue weighted by atomic mass is 9.64. The lowest BCUT2D eigenvalue weighted by Crippen LogP contribution is -2.54. The Morgan fingerprint density at radius 2 is 1.71 bits per heavy atom. The molecule has 0 aromatic rings. The van der Waals surface area contributed by atoms with Crippen LogP contribution in [0.5, 0.6) is 0 Å². The fourth-order valence-electron chi connectivity index (χ4n) is 7.08. The average molecular weight is 332 g/mol. The monoisotopic (exact) mass is 331 g/mol. The van der Waals surface area contributed by atoms with Crippen LogP contribution in [0.3, 0.4) is 0 Å². The first kappa shape index (κ1) is 16.6. The van der Waals surface area contributed by atoms with E-state index in [4.69, 9.17) is 0 Å². The number of hydrogen-bond acceptors (Lipinski definition) is 2. The van der Waals surface area contributed by atoms with Crippen LogP contribution in [0.2, 0.25) is 0 Å². The van der Waals surface area contributed by atoms with Gasteiger partial charge in [-0.3, -0.25) is 9.59 Å². The number of nitrogens with one attached hydrogen (secondary N) is 1. The molecule has 4 bridgehead atoms. The van der Waals surface area contributed by atoms with Gasteiger partial charge < -0.3 is 5.32 Å². The predicted molar refractivity (Wildman–Crippen MR) is 94.3 cm³/mol. The van der Waals surface area contributed by atoms with Crippen LogP contribution in [0.1, 0.15) is 80.1 Å². The fraction of sp³-hybridized carbons (Fsp3) is 0.905. The van der Waals surface area contributed by atoms with Crippen LogP contribution in [0.15, 0.2) is 0 Å². The molecule has 1 N–H and O–H groups in total. The highest BCUT2D eigenvalue weighted by Gasteiger charge is 2.73. The van der Waals surface area contributed by atoms with Gasteiger partial charge >= 0.3 is 0 Å². The molecule has 134 valence electrons. The van der Waals surface area contributed by atoms with Gasteiger partial charge in [0.05, 0.1) is 5.41 Å². The molecule has 0 aliphatic heterocycles. The predicted octanol–water partition coefficient (Wildman–Crippen LogP) is 4.10. The van der Waals surface area contributed by atoms with Crippen LogP contribution in [0.4, 0.5) is 0 Å². The van der Waals surface area contributed by atoms with Gasteiger partial charge in [-0.15, -0.1) is 0 Å². The van der Waals surface area contributed by atoms with Gasteiger partial charge in [-0.25, -0.2) is 0 Å². The van der Waals surface area contributed by atoms with Crippen LogP contribution in [0.25, 0.3) is 0 Å². The molecule has 0 spiro atoms. The first-order valence-electron chi connectivity index (χ1n) is 9.77. The van der Waals surface area contributed by atoms with Gasteiger partial charge in [-0.2, -0.15) is 0 Å². The van der Waals surface area contributed by atoms with E-state index in [1.165, 1.54) is 12.8 Å². The molecule has 4 aliphatic rings. The minimum absolute atomic E-state index is 0.164. The number of hydrogen-bond donors (Lipinski definition) is 1. The SMILES string of the molecule is CC1(C)[C@@H]2CC[C@@]1(C)[C@H](NC(=O)[C@]13CC[C@](C)(C(=O)C1)C3(C)C)C2. The molecule has 3 nitrogen and oxygen atoms in total. The normalized spacial score (nSPS) is 50.5. The summed E-state index contributed by atoms with van der Waals surface area (Å²) in [5, 5.41) is 3.47. The molecule has 1 amide bonds. The van der Waals surface area contributed by atoms with Crippen LogP contribution < -0.4 is 5.32 Å². The number of carbonyl (C=O) groups is 2. The van der Waals surface area contributed by atoms with E-state index < -0.39 is 5.41 Å². The Morgan fingerprint density at radius 3 is 2.12 bits per heavy atom. The summed E-state index contributed by atoms with van der Waals surface area (Å²) in [4.78, 5) is 26.1. The highest BCUT2D eigenvalue weighted by molar-refractivity contribution is 5.99. The van der Waals surface area contributed by atoms with Gasteiger partial charge in [0.15, 0.2) is 0 Å². The van der Waals surface area contributed by atoms with E-state index in [1.807, 2.05) is 0 Å².